The zero-order valence-corrected chi connectivity index (χ0v) is 12.7. The molecule has 2 aromatic carbocycles. The Balaban J connectivity index is 1.79. The van der Waals surface area contributed by atoms with Gasteiger partial charge in [0.05, 0.1) is 12.5 Å². The highest BCUT2D eigenvalue weighted by Crippen LogP contribution is 2.40. The SMILES string of the molecule is COc1ccc(CC2CCc3ccccc3C2Cl)cc1F. The van der Waals surface area contributed by atoms with E-state index in [1.165, 1.54) is 18.2 Å². The molecule has 2 atom stereocenters. The highest BCUT2D eigenvalue weighted by molar-refractivity contribution is 6.21. The molecule has 1 aliphatic carbocycles. The fraction of sp³-hybridized carbons (Fsp3) is 0.333. The second-order valence-corrected chi connectivity index (χ2v) is 6.04. The molecule has 3 heteroatoms. The van der Waals surface area contributed by atoms with Gasteiger partial charge in [-0.1, -0.05) is 30.3 Å². The fourth-order valence-corrected chi connectivity index (χ4v) is 3.55. The molecule has 1 nitrogen and oxygen atoms in total. The number of rotatable bonds is 3. The smallest absolute Gasteiger partial charge is 0.165 e. The van der Waals surface area contributed by atoms with Crippen molar-refractivity contribution in [2.24, 2.45) is 5.92 Å². The number of fused-ring (bicyclic) bond motifs is 1. The molecule has 3 rings (SSSR count). The lowest BCUT2D eigenvalue weighted by molar-refractivity contribution is 0.385. The molecule has 0 saturated heterocycles. The number of ether oxygens (including phenoxy) is 1. The van der Waals surface area contributed by atoms with Gasteiger partial charge in [-0.15, -0.1) is 11.6 Å². The highest BCUT2D eigenvalue weighted by atomic mass is 35.5. The molecule has 0 heterocycles. The van der Waals surface area contributed by atoms with Gasteiger partial charge in [-0.2, -0.15) is 0 Å². The van der Waals surface area contributed by atoms with Gasteiger partial charge in [0.1, 0.15) is 0 Å². The Kier molecular flexibility index (Phi) is 4.16. The minimum atomic E-state index is -0.308. The number of hydrogen-bond donors (Lipinski definition) is 0. The molecule has 2 aromatic rings. The molecule has 0 N–H and O–H groups in total. The topological polar surface area (TPSA) is 9.23 Å². The molecule has 0 aromatic heterocycles. The monoisotopic (exact) mass is 304 g/mol. The summed E-state index contributed by atoms with van der Waals surface area (Å²) >= 11 is 6.64. The molecule has 0 amide bonds. The Morgan fingerprint density at radius 1 is 1.24 bits per heavy atom. The maximum Gasteiger partial charge on any atom is 0.165 e. The van der Waals surface area contributed by atoms with Crippen LogP contribution in [-0.4, -0.2) is 7.11 Å². The van der Waals surface area contributed by atoms with E-state index in [4.69, 9.17) is 16.3 Å². The number of methoxy groups -OCH3 is 1. The van der Waals surface area contributed by atoms with Crippen LogP contribution >= 0.6 is 11.6 Å². The summed E-state index contributed by atoms with van der Waals surface area (Å²) in [6, 6.07) is 13.5. The van der Waals surface area contributed by atoms with Gasteiger partial charge in [0, 0.05) is 0 Å². The fourth-order valence-electron chi connectivity index (χ4n) is 3.12. The van der Waals surface area contributed by atoms with Crippen molar-refractivity contribution in [1.29, 1.82) is 0 Å². The van der Waals surface area contributed by atoms with E-state index in [9.17, 15) is 4.39 Å². The largest absolute Gasteiger partial charge is 0.494 e. The van der Waals surface area contributed by atoms with Crippen LogP contribution in [0.3, 0.4) is 0 Å². The molecule has 21 heavy (non-hydrogen) atoms. The zero-order valence-electron chi connectivity index (χ0n) is 12.0. The summed E-state index contributed by atoms with van der Waals surface area (Å²) in [4.78, 5) is 0. The van der Waals surface area contributed by atoms with Crippen LogP contribution < -0.4 is 4.74 Å². The molecule has 110 valence electrons. The quantitative estimate of drug-likeness (QED) is 0.731. The van der Waals surface area contributed by atoms with E-state index in [0.29, 0.717) is 5.92 Å². The molecular weight excluding hydrogens is 287 g/mol. The Morgan fingerprint density at radius 2 is 2.05 bits per heavy atom. The van der Waals surface area contributed by atoms with E-state index >= 15 is 0 Å². The minimum absolute atomic E-state index is 0.000105. The second kappa shape index (κ2) is 6.07. The van der Waals surface area contributed by atoms with Crippen LogP contribution in [0.15, 0.2) is 42.5 Å². The van der Waals surface area contributed by atoms with Gasteiger partial charge in [-0.25, -0.2) is 4.39 Å². The van der Waals surface area contributed by atoms with Crippen LogP contribution in [0.5, 0.6) is 5.75 Å². The van der Waals surface area contributed by atoms with Crippen LogP contribution in [-0.2, 0) is 12.8 Å². The first kappa shape index (κ1) is 14.4. The molecule has 2 unspecified atom stereocenters. The highest BCUT2D eigenvalue weighted by Gasteiger charge is 2.27. The molecule has 0 radical (unpaired) electrons. The van der Waals surface area contributed by atoms with Crippen molar-refractivity contribution in [3.8, 4) is 5.75 Å². The summed E-state index contributed by atoms with van der Waals surface area (Å²) in [5, 5.41) is 0.000105. The van der Waals surface area contributed by atoms with Gasteiger partial charge in [0.25, 0.3) is 0 Å². The predicted octanol–water partition coefficient (Wildman–Crippen LogP) is 4.92. The first-order chi connectivity index (χ1) is 10.2. The molecule has 0 saturated carbocycles. The van der Waals surface area contributed by atoms with Gasteiger partial charge >= 0.3 is 0 Å². The van der Waals surface area contributed by atoms with Gasteiger partial charge in [0.2, 0.25) is 0 Å². The lowest BCUT2D eigenvalue weighted by Gasteiger charge is -2.29. The Morgan fingerprint density at radius 3 is 2.81 bits per heavy atom. The summed E-state index contributed by atoms with van der Waals surface area (Å²) in [6.45, 7) is 0. The van der Waals surface area contributed by atoms with E-state index in [1.54, 1.807) is 12.1 Å². The van der Waals surface area contributed by atoms with Crippen molar-refractivity contribution in [1.82, 2.24) is 0 Å². The Labute approximate surface area is 129 Å². The lowest BCUT2D eigenvalue weighted by atomic mass is 9.80. The van der Waals surface area contributed by atoms with Crippen LogP contribution in [0.25, 0.3) is 0 Å². The predicted molar refractivity (Wildman–Crippen MR) is 83.5 cm³/mol. The van der Waals surface area contributed by atoms with Gasteiger partial charge in [-0.3, -0.25) is 0 Å². The number of alkyl halides is 1. The Hall–Kier alpha value is -1.54. The van der Waals surface area contributed by atoms with Crippen molar-refractivity contribution in [2.75, 3.05) is 7.11 Å². The van der Waals surface area contributed by atoms with E-state index in [-0.39, 0.29) is 16.9 Å². The summed E-state index contributed by atoms with van der Waals surface area (Å²) in [5.41, 5.74) is 3.54. The molecule has 0 aliphatic heterocycles. The number of aryl methyl sites for hydroxylation is 1. The minimum Gasteiger partial charge on any atom is -0.494 e. The van der Waals surface area contributed by atoms with Crippen molar-refractivity contribution >= 4 is 11.6 Å². The second-order valence-electron chi connectivity index (χ2n) is 5.57. The molecule has 1 aliphatic rings. The first-order valence-electron chi connectivity index (χ1n) is 7.23. The van der Waals surface area contributed by atoms with Crippen molar-refractivity contribution in [3.05, 3.63) is 65.0 Å². The van der Waals surface area contributed by atoms with Crippen molar-refractivity contribution in [3.63, 3.8) is 0 Å². The van der Waals surface area contributed by atoms with E-state index < -0.39 is 0 Å². The van der Waals surface area contributed by atoms with E-state index in [1.807, 2.05) is 12.1 Å². The first-order valence-corrected chi connectivity index (χ1v) is 7.67. The van der Waals surface area contributed by atoms with Crippen molar-refractivity contribution < 1.29 is 9.13 Å². The maximum absolute atomic E-state index is 13.8. The van der Waals surface area contributed by atoms with E-state index in [2.05, 4.69) is 18.2 Å². The zero-order chi connectivity index (χ0) is 14.8. The molecule has 0 bridgehead atoms. The third-order valence-corrected chi connectivity index (χ3v) is 4.86. The lowest BCUT2D eigenvalue weighted by Crippen LogP contribution is -2.19. The summed E-state index contributed by atoms with van der Waals surface area (Å²) in [7, 11) is 1.48. The third-order valence-electron chi connectivity index (χ3n) is 4.26. The standard InChI is InChI=1S/C18H18ClFO/c1-21-17-9-6-12(11-16(17)20)10-14-8-7-13-4-2-3-5-15(13)18(14)19/h2-6,9,11,14,18H,7-8,10H2,1H3. The average molecular weight is 305 g/mol. The number of halogens is 2. The summed E-state index contributed by atoms with van der Waals surface area (Å²) in [5.74, 6) is 0.321. The van der Waals surface area contributed by atoms with Gasteiger partial charge in [-0.05, 0) is 54.0 Å². The van der Waals surface area contributed by atoms with Crippen LogP contribution in [0, 0.1) is 11.7 Å². The maximum atomic E-state index is 13.8. The van der Waals surface area contributed by atoms with Gasteiger partial charge < -0.3 is 4.74 Å². The Bertz CT molecular complexity index is 641. The van der Waals surface area contributed by atoms with Crippen molar-refractivity contribution in [2.45, 2.75) is 24.6 Å². The molecular formula is C18H18ClFO. The van der Waals surface area contributed by atoms with Crippen LogP contribution in [0.2, 0.25) is 0 Å². The number of hydrogen-bond acceptors (Lipinski definition) is 1. The summed E-state index contributed by atoms with van der Waals surface area (Å²) in [6.07, 6.45) is 2.88. The average Bonchev–Trinajstić information content (AvgIpc) is 2.51. The number of benzene rings is 2. The van der Waals surface area contributed by atoms with Crippen LogP contribution in [0.1, 0.15) is 28.5 Å². The van der Waals surface area contributed by atoms with Gasteiger partial charge in [0.15, 0.2) is 11.6 Å². The molecule has 0 fully saturated rings. The summed E-state index contributed by atoms with van der Waals surface area (Å²) < 4.78 is 18.7. The normalized spacial score (nSPS) is 20.9. The van der Waals surface area contributed by atoms with Crippen LogP contribution in [0.4, 0.5) is 4.39 Å². The van der Waals surface area contributed by atoms with E-state index in [0.717, 1.165) is 24.8 Å². The molecule has 0 spiro atoms. The third kappa shape index (κ3) is 2.91.